The highest BCUT2D eigenvalue weighted by Crippen LogP contribution is 2.28. The Balaban J connectivity index is 1.87. The van der Waals surface area contributed by atoms with Gasteiger partial charge in [0.25, 0.3) is 5.69 Å². The van der Waals surface area contributed by atoms with Crippen LogP contribution in [-0.2, 0) is 4.74 Å². The molecule has 1 N–H and O–H groups in total. The lowest BCUT2D eigenvalue weighted by Gasteiger charge is -2.30. The summed E-state index contributed by atoms with van der Waals surface area (Å²) in [5.41, 5.74) is 1.32. The molecule has 9 nitrogen and oxygen atoms in total. The first kappa shape index (κ1) is 18.5. The number of nitro benzene ring substituents is 1. The number of benzene rings is 2. The van der Waals surface area contributed by atoms with Crippen molar-refractivity contribution >= 4 is 17.3 Å². The third-order valence-electron chi connectivity index (χ3n) is 4.79. The van der Waals surface area contributed by atoms with Gasteiger partial charge in [-0.15, -0.1) is 5.10 Å². The van der Waals surface area contributed by atoms with Crippen LogP contribution in [0.25, 0.3) is 5.69 Å². The highest BCUT2D eigenvalue weighted by Gasteiger charge is 2.37. The van der Waals surface area contributed by atoms with Crippen LogP contribution in [0, 0.1) is 10.1 Å². The standard InChI is InChI=1S/C18H17ClN6O3/c19-13-4-3-5-14(12-13)24-18(20-21-22-24)17(23-8-10-28-11-9-23)15-6-1-2-7-16(15)25(26)27/h1-7,12,17H,8-11H2/p+1/t17-/m1/s1. The zero-order valence-electron chi connectivity index (χ0n) is 14.9. The van der Waals surface area contributed by atoms with Crippen LogP contribution in [0.4, 0.5) is 5.69 Å². The molecule has 1 atom stereocenters. The van der Waals surface area contributed by atoms with E-state index in [4.69, 9.17) is 16.3 Å². The van der Waals surface area contributed by atoms with Crippen LogP contribution >= 0.6 is 11.6 Å². The summed E-state index contributed by atoms with van der Waals surface area (Å²) in [5, 5.41) is 24.5. The molecular formula is C18H18ClN6O3+. The normalized spacial score (nSPS) is 16.0. The van der Waals surface area contributed by atoms with E-state index >= 15 is 0 Å². The number of ether oxygens (including phenoxy) is 1. The Kier molecular flexibility index (Phi) is 5.29. The average molecular weight is 402 g/mol. The predicted octanol–water partition coefficient (Wildman–Crippen LogP) is 1.23. The summed E-state index contributed by atoms with van der Waals surface area (Å²) in [6.07, 6.45) is 0. The molecule has 0 amide bonds. The zero-order valence-corrected chi connectivity index (χ0v) is 15.6. The Morgan fingerprint density at radius 2 is 1.96 bits per heavy atom. The molecule has 1 aliphatic rings. The largest absolute Gasteiger partial charge is 0.370 e. The second-order valence-corrected chi connectivity index (χ2v) is 6.88. The molecule has 0 spiro atoms. The Bertz CT molecular complexity index is 989. The summed E-state index contributed by atoms with van der Waals surface area (Å²) in [7, 11) is 0. The molecule has 1 aliphatic heterocycles. The molecule has 0 bridgehead atoms. The number of nitro groups is 1. The molecule has 2 aromatic carbocycles. The lowest BCUT2D eigenvalue weighted by Crippen LogP contribution is -3.14. The Labute approximate surface area is 165 Å². The second-order valence-electron chi connectivity index (χ2n) is 6.45. The molecule has 0 radical (unpaired) electrons. The summed E-state index contributed by atoms with van der Waals surface area (Å²) in [4.78, 5) is 12.4. The minimum atomic E-state index is -0.417. The van der Waals surface area contributed by atoms with E-state index in [1.165, 1.54) is 6.07 Å². The van der Waals surface area contributed by atoms with Gasteiger partial charge in [-0.3, -0.25) is 10.1 Å². The number of halogens is 1. The van der Waals surface area contributed by atoms with Crippen LogP contribution in [0.5, 0.6) is 0 Å². The number of hydrogen-bond acceptors (Lipinski definition) is 6. The van der Waals surface area contributed by atoms with Gasteiger partial charge in [-0.2, -0.15) is 4.68 Å². The van der Waals surface area contributed by atoms with Crippen molar-refractivity contribution in [1.82, 2.24) is 20.2 Å². The number of aromatic nitrogens is 4. The number of tetrazole rings is 1. The maximum Gasteiger partial charge on any atom is 0.279 e. The first-order valence-corrected chi connectivity index (χ1v) is 9.23. The summed E-state index contributed by atoms with van der Waals surface area (Å²) in [6.45, 7) is 2.54. The smallest absolute Gasteiger partial charge is 0.279 e. The molecular weight excluding hydrogens is 384 g/mol. The predicted molar refractivity (Wildman–Crippen MR) is 101 cm³/mol. The van der Waals surface area contributed by atoms with Crippen LogP contribution in [0.3, 0.4) is 0 Å². The van der Waals surface area contributed by atoms with Crippen LogP contribution in [0.2, 0.25) is 5.02 Å². The fourth-order valence-electron chi connectivity index (χ4n) is 3.53. The molecule has 144 valence electrons. The van der Waals surface area contributed by atoms with E-state index in [1.807, 2.05) is 12.1 Å². The number of nitrogens with one attached hydrogen (secondary N) is 1. The van der Waals surface area contributed by atoms with Crippen molar-refractivity contribution in [3.8, 4) is 5.69 Å². The molecule has 0 saturated carbocycles. The van der Waals surface area contributed by atoms with Gasteiger partial charge < -0.3 is 9.64 Å². The molecule has 1 saturated heterocycles. The molecule has 10 heteroatoms. The number of quaternary nitrogens is 1. The van der Waals surface area contributed by atoms with Crippen LogP contribution in [0.15, 0.2) is 48.5 Å². The monoisotopic (exact) mass is 401 g/mol. The summed E-state index contributed by atoms with van der Waals surface area (Å²) in [6, 6.07) is 13.5. The number of hydrogen-bond donors (Lipinski definition) is 1. The lowest BCUT2D eigenvalue weighted by molar-refractivity contribution is -0.933. The van der Waals surface area contributed by atoms with Gasteiger partial charge in [-0.1, -0.05) is 29.8 Å². The van der Waals surface area contributed by atoms with Crippen molar-refractivity contribution in [3.63, 3.8) is 0 Å². The highest BCUT2D eigenvalue weighted by molar-refractivity contribution is 6.30. The van der Waals surface area contributed by atoms with Gasteiger partial charge >= 0.3 is 0 Å². The summed E-state index contributed by atoms with van der Waals surface area (Å²) < 4.78 is 7.07. The van der Waals surface area contributed by atoms with Gasteiger partial charge in [0.2, 0.25) is 5.82 Å². The van der Waals surface area contributed by atoms with E-state index < -0.39 is 6.04 Å². The summed E-state index contributed by atoms with van der Waals surface area (Å²) in [5.74, 6) is 0.522. The molecule has 1 fully saturated rings. The second kappa shape index (κ2) is 8.01. The van der Waals surface area contributed by atoms with Gasteiger partial charge in [0.1, 0.15) is 13.1 Å². The Hall–Kier alpha value is -2.88. The lowest BCUT2D eigenvalue weighted by atomic mass is 10.0. The van der Waals surface area contributed by atoms with Crippen LogP contribution < -0.4 is 4.90 Å². The SMILES string of the molecule is O=[N+]([O-])c1ccccc1[C@H](c1nnnn1-c1cccc(Cl)c1)[NH+]1CCOCC1. The third kappa shape index (κ3) is 3.59. The van der Waals surface area contributed by atoms with E-state index in [1.54, 1.807) is 35.0 Å². The molecule has 4 rings (SSSR count). The highest BCUT2D eigenvalue weighted by atomic mass is 35.5. The van der Waals surface area contributed by atoms with E-state index in [0.29, 0.717) is 48.4 Å². The molecule has 3 aromatic rings. The van der Waals surface area contributed by atoms with E-state index in [-0.39, 0.29) is 10.6 Å². The average Bonchev–Trinajstić information content (AvgIpc) is 3.19. The molecule has 28 heavy (non-hydrogen) atoms. The minimum absolute atomic E-state index is 0.0483. The maximum absolute atomic E-state index is 11.7. The Morgan fingerprint density at radius 1 is 1.18 bits per heavy atom. The van der Waals surface area contributed by atoms with Crippen molar-refractivity contribution in [2.45, 2.75) is 6.04 Å². The number of morpholine rings is 1. The van der Waals surface area contributed by atoms with Crippen LogP contribution in [0.1, 0.15) is 17.4 Å². The quantitative estimate of drug-likeness (QED) is 0.509. The van der Waals surface area contributed by atoms with Crippen molar-refractivity contribution < 1.29 is 14.6 Å². The van der Waals surface area contributed by atoms with E-state index in [2.05, 4.69) is 15.5 Å². The molecule has 0 aliphatic carbocycles. The van der Waals surface area contributed by atoms with Crippen molar-refractivity contribution in [2.24, 2.45) is 0 Å². The van der Waals surface area contributed by atoms with Gasteiger partial charge in [0.15, 0.2) is 6.04 Å². The van der Waals surface area contributed by atoms with Gasteiger partial charge in [-0.05, 0) is 34.7 Å². The first-order chi connectivity index (χ1) is 13.6. The van der Waals surface area contributed by atoms with E-state index in [9.17, 15) is 10.1 Å². The fourth-order valence-corrected chi connectivity index (χ4v) is 3.71. The van der Waals surface area contributed by atoms with E-state index in [0.717, 1.165) is 4.90 Å². The zero-order chi connectivity index (χ0) is 19.5. The minimum Gasteiger partial charge on any atom is -0.370 e. The maximum atomic E-state index is 11.7. The molecule has 0 unspecified atom stereocenters. The Morgan fingerprint density at radius 3 is 2.71 bits per heavy atom. The van der Waals surface area contributed by atoms with Gasteiger partial charge in [0.05, 0.1) is 29.4 Å². The summed E-state index contributed by atoms with van der Waals surface area (Å²) >= 11 is 6.13. The fraction of sp³-hybridized carbons (Fsp3) is 0.278. The van der Waals surface area contributed by atoms with Gasteiger partial charge in [-0.25, -0.2) is 0 Å². The van der Waals surface area contributed by atoms with Crippen molar-refractivity contribution in [1.29, 1.82) is 0 Å². The first-order valence-electron chi connectivity index (χ1n) is 8.85. The molecule has 2 heterocycles. The van der Waals surface area contributed by atoms with Gasteiger partial charge in [0, 0.05) is 11.1 Å². The van der Waals surface area contributed by atoms with Crippen molar-refractivity contribution in [3.05, 3.63) is 75.1 Å². The number of para-hydroxylation sites is 1. The number of rotatable bonds is 5. The third-order valence-corrected chi connectivity index (χ3v) is 5.03. The topological polar surface area (TPSA) is 100 Å². The van der Waals surface area contributed by atoms with Crippen LogP contribution in [-0.4, -0.2) is 51.4 Å². The molecule has 1 aromatic heterocycles. The number of nitrogens with zero attached hydrogens (tertiary/aromatic N) is 5. The van der Waals surface area contributed by atoms with Crippen molar-refractivity contribution in [2.75, 3.05) is 26.3 Å².